The number of carbonyl (C=O) groups excluding carboxylic acids is 1. The van der Waals surface area contributed by atoms with Gasteiger partial charge in [0.05, 0.1) is 0 Å². The number of nitrogens with two attached hydrogens (primary N) is 1. The van der Waals surface area contributed by atoms with E-state index in [9.17, 15) is 9.90 Å². The van der Waals surface area contributed by atoms with Gasteiger partial charge in [-0.1, -0.05) is 36.4 Å². The highest BCUT2D eigenvalue weighted by atomic mass is 16.5. The zero-order valence-corrected chi connectivity index (χ0v) is 11.1. The van der Waals surface area contributed by atoms with Crippen LogP contribution in [-0.2, 0) is 22.6 Å². The van der Waals surface area contributed by atoms with Crippen LogP contribution in [0.15, 0.2) is 48.5 Å². The fraction of sp³-hybridized carbons (Fsp3) is 0.188. The molecule has 2 rings (SSSR count). The highest BCUT2D eigenvalue weighted by molar-refractivity contribution is 5.70. The van der Waals surface area contributed by atoms with Crippen molar-refractivity contribution in [3.8, 4) is 5.75 Å². The van der Waals surface area contributed by atoms with Gasteiger partial charge in [0.25, 0.3) is 0 Å². The van der Waals surface area contributed by atoms with Crippen molar-refractivity contribution in [3.63, 3.8) is 0 Å². The molecule has 4 nitrogen and oxygen atoms in total. The summed E-state index contributed by atoms with van der Waals surface area (Å²) in [6, 6.07) is 14.3. The zero-order valence-electron chi connectivity index (χ0n) is 11.1. The number of anilines is 1. The molecule has 20 heavy (non-hydrogen) atoms. The molecule has 0 saturated carbocycles. The van der Waals surface area contributed by atoms with E-state index in [1.54, 1.807) is 12.1 Å². The van der Waals surface area contributed by atoms with Gasteiger partial charge in [-0.3, -0.25) is 4.79 Å². The third kappa shape index (κ3) is 4.02. The molecule has 3 N–H and O–H groups in total. The van der Waals surface area contributed by atoms with Crippen molar-refractivity contribution in [2.24, 2.45) is 0 Å². The van der Waals surface area contributed by atoms with Gasteiger partial charge in [-0.05, 0) is 23.6 Å². The summed E-state index contributed by atoms with van der Waals surface area (Å²) < 4.78 is 5.18. The minimum Gasteiger partial charge on any atom is -0.508 e. The summed E-state index contributed by atoms with van der Waals surface area (Å²) in [5, 5.41) is 9.25. The number of aryl methyl sites for hydroxylation is 1. The quantitative estimate of drug-likeness (QED) is 0.647. The van der Waals surface area contributed by atoms with E-state index in [0.29, 0.717) is 12.1 Å². The molecule has 2 aromatic carbocycles. The van der Waals surface area contributed by atoms with Crippen molar-refractivity contribution < 1.29 is 14.6 Å². The van der Waals surface area contributed by atoms with Crippen molar-refractivity contribution in [3.05, 3.63) is 59.7 Å². The highest BCUT2D eigenvalue weighted by Crippen LogP contribution is 2.20. The molecule has 0 aliphatic heterocycles. The number of phenols is 1. The van der Waals surface area contributed by atoms with Gasteiger partial charge >= 0.3 is 5.97 Å². The van der Waals surface area contributed by atoms with Gasteiger partial charge in [0.2, 0.25) is 0 Å². The molecule has 4 heteroatoms. The van der Waals surface area contributed by atoms with Crippen molar-refractivity contribution >= 4 is 11.7 Å². The third-order valence-corrected chi connectivity index (χ3v) is 2.97. The maximum absolute atomic E-state index is 11.7. The van der Waals surface area contributed by atoms with Gasteiger partial charge in [0, 0.05) is 18.2 Å². The molecule has 0 spiro atoms. The van der Waals surface area contributed by atoms with Crippen LogP contribution in [-0.4, -0.2) is 11.1 Å². The van der Waals surface area contributed by atoms with Gasteiger partial charge in [-0.2, -0.15) is 0 Å². The molecule has 0 aliphatic carbocycles. The van der Waals surface area contributed by atoms with Gasteiger partial charge in [0.1, 0.15) is 12.4 Å². The Morgan fingerprint density at radius 3 is 2.60 bits per heavy atom. The van der Waals surface area contributed by atoms with Crippen LogP contribution in [0.25, 0.3) is 0 Å². The number of ether oxygens (including phenoxy) is 1. The van der Waals surface area contributed by atoms with Crippen molar-refractivity contribution in [1.29, 1.82) is 0 Å². The summed E-state index contributed by atoms with van der Waals surface area (Å²) in [6.07, 6.45) is 0.765. The molecule has 0 radical (unpaired) electrons. The van der Waals surface area contributed by atoms with Crippen LogP contribution in [0.2, 0.25) is 0 Å². The Morgan fingerprint density at radius 1 is 1.15 bits per heavy atom. The molecule has 0 heterocycles. The maximum Gasteiger partial charge on any atom is 0.306 e. The zero-order chi connectivity index (χ0) is 14.4. The van der Waals surface area contributed by atoms with Gasteiger partial charge < -0.3 is 15.6 Å². The highest BCUT2D eigenvalue weighted by Gasteiger charge is 2.07. The Balaban J connectivity index is 1.80. The predicted octanol–water partition coefficient (Wildman–Crippen LogP) is 2.65. The van der Waals surface area contributed by atoms with Crippen molar-refractivity contribution in [1.82, 2.24) is 0 Å². The monoisotopic (exact) mass is 271 g/mol. The molecule has 0 amide bonds. The second kappa shape index (κ2) is 6.61. The summed E-state index contributed by atoms with van der Waals surface area (Å²) in [5.74, 6) is -0.140. The van der Waals surface area contributed by atoms with Crippen LogP contribution in [0.5, 0.6) is 5.75 Å². The topological polar surface area (TPSA) is 72.5 Å². The first-order valence-corrected chi connectivity index (χ1v) is 6.42. The summed E-state index contributed by atoms with van der Waals surface area (Å²) in [4.78, 5) is 11.7. The first-order valence-electron chi connectivity index (χ1n) is 6.42. The molecule has 0 fully saturated rings. The van der Waals surface area contributed by atoms with E-state index >= 15 is 0 Å². The number of phenolic OH excluding ortho intramolecular Hbond substituents is 1. The number of carbonyl (C=O) groups is 1. The number of hydrogen-bond acceptors (Lipinski definition) is 4. The van der Waals surface area contributed by atoms with Gasteiger partial charge in [0.15, 0.2) is 0 Å². The van der Waals surface area contributed by atoms with Crippen molar-refractivity contribution in [2.75, 3.05) is 5.73 Å². The molecule has 0 atom stereocenters. The number of nitrogen functional groups attached to an aromatic ring is 1. The molecule has 2 aromatic rings. The number of benzene rings is 2. The summed E-state index contributed by atoms with van der Waals surface area (Å²) in [6.45, 7) is 0.282. The minimum absolute atomic E-state index is 0.123. The molecule has 0 unspecified atom stereocenters. The van der Waals surface area contributed by atoms with Crippen LogP contribution in [0.1, 0.15) is 17.5 Å². The lowest BCUT2D eigenvalue weighted by molar-refractivity contribution is -0.144. The number of rotatable bonds is 5. The second-order valence-electron chi connectivity index (χ2n) is 4.53. The molecular weight excluding hydrogens is 254 g/mol. The lowest BCUT2D eigenvalue weighted by Crippen LogP contribution is -2.06. The van der Waals surface area contributed by atoms with Crippen molar-refractivity contribution in [2.45, 2.75) is 19.4 Å². The fourth-order valence-electron chi connectivity index (χ4n) is 1.86. The van der Waals surface area contributed by atoms with E-state index in [1.807, 2.05) is 30.3 Å². The van der Waals surface area contributed by atoms with Crippen LogP contribution in [0.3, 0.4) is 0 Å². The van der Waals surface area contributed by atoms with E-state index in [0.717, 1.165) is 11.1 Å². The lowest BCUT2D eigenvalue weighted by Gasteiger charge is -2.07. The van der Waals surface area contributed by atoms with Crippen LogP contribution in [0.4, 0.5) is 5.69 Å². The summed E-state index contributed by atoms with van der Waals surface area (Å²) in [5.41, 5.74) is 8.04. The Morgan fingerprint density at radius 2 is 1.90 bits per heavy atom. The first-order chi connectivity index (χ1) is 9.65. The number of esters is 1. The standard InChI is InChI=1S/C16H17NO3/c17-15-10-14(18)8-6-13(15)7-9-16(19)20-11-12-4-2-1-3-5-12/h1-6,8,10,18H,7,9,11,17H2. The molecule has 0 aromatic heterocycles. The fourth-order valence-corrected chi connectivity index (χ4v) is 1.86. The Bertz CT molecular complexity index is 582. The van der Waals surface area contributed by atoms with E-state index in [4.69, 9.17) is 10.5 Å². The van der Waals surface area contributed by atoms with Crippen LogP contribution in [0, 0.1) is 0 Å². The Labute approximate surface area is 117 Å². The summed E-state index contributed by atoms with van der Waals surface area (Å²) in [7, 11) is 0. The average molecular weight is 271 g/mol. The smallest absolute Gasteiger partial charge is 0.306 e. The SMILES string of the molecule is Nc1cc(O)ccc1CCC(=O)OCc1ccccc1. The molecule has 0 bridgehead atoms. The minimum atomic E-state index is -0.263. The molecular formula is C16H17NO3. The van der Waals surface area contributed by atoms with E-state index in [2.05, 4.69) is 0 Å². The van der Waals surface area contributed by atoms with E-state index < -0.39 is 0 Å². The molecule has 104 valence electrons. The van der Waals surface area contributed by atoms with Crippen LogP contribution >= 0.6 is 0 Å². The number of aromatic hydroxyl groups is 1. The van der Waals surface area contributed by atoms with Gasteiger partial charge in [-0.15, -0.1) is 0 Å². The summed E-state index contributed by atoms with van der Waals surface area (Å²) >= 11 is 0. The maximum atomic E-state index is 11.7. The average Bonchev–Trinajstić information content (AvgIpc) is 2.45. The van der Waals surface area contributed by atoms with Gasteiger partial charge in [-0.25, -0.2) is 0 Å². The largest absolute Gasteiger partial charge is 0.508 e. The second-order valence-corrected chi connectivity index (χ2v) is 4.53. The van der Waals surface area contributed by atoms with E-state index in [-0.39, 0.29) is 24.7 Å². The third-order valence-electron chi connectivity index (χ3n) is 2.97. The van der Waals surface area contributed by atoms with Crippen LogP contribution < -0.4 is 5.73 Å². The Hall–Kier alpha value is -2.49. The normalized spacial score (nSPS) is 10.2. The molecule has 0 aliphatic rings. The molecule has 0 saturated heterocycles. The number of hydrogen-bond donors (Lipinski definition) is 2. The predicted molar refractivity (Wildman–Crippen MR) is 77.1 cm³/mol. The Kier molecular flexibility index (Phi) is 4.60. The first kappa shape index (κ1) is 13.9. The van der Waals surface area contributed by atoms with E-state index in [1.165, 1.54) is 6.07 Å². The lowest BCUT2D eigenvalue weighted by atomic mass is 10.1.